The lowest BCUT2D eigenvalue weighted by Gasteiger charge is -2.30. The van der Waals surface area contributed by atoms with Gasteiger partial charge in [-0.15, -0.1) is 0 Å². The average Bonchev–Trinajstić information content (AvgIpc) is 2.65. The van der Waals surface area contributed by atoms with E-state index in [1.54, 1.807) is 37.9 Å². The maximum atomic E-state index is 12.4. The van der Waals surface area contributed by atoms with E-state index < -0.39 is 16.0 Å². The normalized spacial score (nSPS) is 16.0. The molecule has 1 aliphatic heterocycles. The van der Waals surface area contributed by atoms with Gasteiger partial charge in [-0.2, -0.15) is 4.31 Å². The third-order valence-electron chi connectivity index (χ3n) is 4.90. The zero-order chi connectivity index (χ0) is 20.2. The lowest BCUT2D eigenvalue weighted by atomic mass is 9.97. The molecule has 1 aliphatic rings. The molecule has 0 aliphatic carbocycles. The van der Waals surface area contributed by atoms with Crippen LogP contribution in [0.15, 0.2) is 29.2 Å². The van der Waals surface area contributed by atoms with Crippen molar-refractivity contribution < 1.29 is 23.1 Å². The maximum Gasteiger partial charge on any atom is 0.317 e. The molecule has 1 fully saturated rings. The first-order valence-electron chi connectivity index (χ1n) is 8.95. The number of benzene rings is 1. The molecule has 2 amide bonds. The van der Waals surface area contributed by atoms with Crippen LogP contribution in [0.1, 0.15) is 32.3 Å². The first-order valence-corrected chi connectivity index (χ1v) is 10.4. The highest BCUT2D eigenvalue weighted by molar-refractivity contribution is 7.89. The number of carboxylic acid groups (broad SMARTS) is 1. The summed E-state index contributed by atoms with van der Waals surface area (Å²) in [6.07, 6.45) is 0.914. The van der Waals surface area contributed by atoms with Crippen molar-refractivity contribution in [2.45, 2.75) is 44.2 Å². The number of aliphatic carboxylic acids is 1. The minimum Gasteiger partial charge on any atom is -0.481 e. The van der Waals surface area contributed by atoms with Gasteiger partial charge in [0.2, 0.25) is 10.0 Å². The highest BCUT2D eigenvalue weighted by atomic mass is 32.2. The van der Waals surface area contributed by atoms with Crippen LogP contribution in [-0.4, -0.2) is 60.9 Å². The highest BCUT2D eigenvalue weighted by Crippen LogP contribution is 2.18. The molecule has 0 bridgehead atoms. The highest BCUT2D eigenvalue weighted by Gasteiger charge is 2.27. The summed E-state index contributed by atoms with van der Waals surface area (Å²) in [5.74, 6) is -1.19. The Morgan fingerprint density at radius 2 is 1.78 bits per heavy atom. The molecule has 0 unspecified atom stereocenters. The molecule has 0 spiro atoms. The van der Waals surface area contributed by atoms with Crippen LogP contribution in [0.5, 0.6) is 0 Å². The lowest BCUT2D eigenvalue weighted by Crippen LogP contribution is -2.45. The number of urea groups is 1. The number of hydrogen-bond donors (Lipinski definition) is 2. The molecule has 0 radical (unpaired) electrons. The molecule has 9 heteroatoms. The van der Waals surface area contributed by atoms with Crippen LogP contribution in [0.25, 0.3) is 0 Å². The van der Waals surface area contributed by atoms with Crippen LogP contribution in [0.2, 0.25) is 0 Å². The maximum absolute atomic E-state index is 12.4. The number of carboxylic acids is 1. The lowest BCUT2D eigenvalue weighted by molar-refractivity contribution is -0.143. The van der Waals surface area contributed by atoms with Crippen LogP contribution >= 0.6 is 0 Å². The van der Waals surface area contributed by atoms with E-state index in [9.17, 15) is 18.0 Å². The second kappa shape index (κ2) is 8.71. The number of nitrogens with one attached hydrogen (secondary N) is 1. The molecule has 27 heavy (non-hydrogen) atoms. The van der Waals surface area contributed by atoms with Crippen molar-refractivity contribution in [1.82, 2.24) is 14.5 Å². The number of amides is 2. The van der Waals surface area contributed by atoms with Gasteiger partial charge in [0.25, 0.3) is 0 Å². The summed E-state index contributed by atoms with van der Waals surface area (Å²) < 4.78 is 26.2. The van der Waals surface area contributed by atoms with Gasteiger partial charge in [-0.05, 0) is 44.4 Å². The standard InChI is InChI=1S/C18H27N3O5S/c1-13(2)20(3)27(25,26)16-6-4-14(5-7-16)12-19-18(24)21-10-8-15(9-11-21)17(22)23/h4-7,13,15H,8-12H2,1-3H3,(H,19,24)(H,22,23). The van der Waals surface area contributed by atoms with Gasteiger partial charge in [0.1, 0.15) is 0 Å². The Labute approximate surface area is 160 Å². The molecule has 1 heterocycles. The number of carbonyl (C=O) groups is 2. The van der Waals surface area contributed by atoms with Crippen molar-refractivity contribution in [3.05, 3.63) is 29.8 Å². The van der Waals surface area contributed by atoms with E-state index in [-0.39, 0.29) is 29.4 Å². The van der Waals surface area contributed by atoms with E-state index in [1.165, 1.54) is 16.4 Å². The molecule has 2 N–H and O–H groups in total. The van der Waals surface area contributed by atoms with Gasteiger partial charge in [-0.1, -0.05) is 12.1 Å². The molecule has 0 aromatic heterocycles. The smallest absolute Gasteiger partial charge is 0.317 e. The minimum atomic E-state index is -3.53. The number of hydrogen-bond acceptors (Lipinski definition) is 4. The number of sulfonamides is 1. The average molecular weight is 397 g/mol. The van der Waals surface area contributed by atoms with Crippen LogP contribution in [0.3, 0.4) is 0 Å². The summed E-state index contributed by atoms with van der Waals surface area (Å²) in [6.45, 7) is 4.72. The minimum absolute atomic E-state index is 0.140. The largest absolute Gasteiger partial charge is 0.481 e. The summed E-state index contributed by atoms with van der Waals surface area (Å²) in [5.41, 5.74) is 0.787. The molecule has 2 rings (SSSR count). The third-order valence-corrected chi connectivity index (χ3v) is 6.95. The Bertz CT molecular complexity index is 769. The van der Waals surface area contributed by atoms with Gasteiger partial charge in [0.15, 0.2) is 0 Å². The predicted molar refractivity (Wildman–Crippen MR) is 101 cm³/mol. The van der Waals surface area contributed by atoms with Crippen molar-refractivity contribution in [3.8, 4) is 0 Å². The van der Waals surface area contributed by atoms with Gasteiger partial charge < -0.3 is 15.3 Å². The Balaban J connectivity index is 1.90. The number of likely N-dealkylation sites (tertiary alicyclic amines) is 1. The fourth-order valence-corrected chi connectivity index (χ4v) is 4.21. The van der Waals surface area contributed by atoms with E-state index in [2.05, 4.69) is 5.32 Å². The van der Waals surface area contributed by atoms with Gasteiger partial charge >= 0.3 is 12.0 Å². The zero-order valence-electron chi connectivity index (χ0n) is 15.9. The van der Waals surface area contributed by atoms with Crippen molar-refractivity contribution in [3.63, 3.8) is 0 Å². The number of nitrogens with zero attached hydrogens (tertiary/aromatic N) is 2. The summed E-state index contributed by atoms with van der Waals surface area (Å²) >= 11 is 0. The monoisotopic (exact) mass is 397 g/mol. The Morgan fingerprint density at radius 3 is 2.26 bits per heavy atom. The first kappa shape index (κ1) is 21.2. The number of carbonyl (C=O) groups excluding carboxylic acids is 1. The van der Waals surface area contributed by atoms with Crippen molar-refractivity contribution in [1.29, 1.82) is 0 Å². The molecule has 1 aromatic carbocycles. The van der Waals surface area contributed by atoms with E-state index in [0.717, 1.165) is 5.56 Å². The summed E-state index contributed by atoms with van der Waals surface area (Å²) in [6, 6.07) is 6.05. The van der Waals surface area contributed by atoms with Crippen molar-refractivity contribution in [2.75, 3.05) is 20.1 Å². The zero-order valence-corrected chi connectivity index (χ0v) is 16.7. The van der Waals surface area contributed by atoms with Crippen LogP contribution < -0.4 is 5.32 Å². The molecular formula is C18H27N3O5S. The van der Waals surface area contributed by atoms with Crippen LogP contribution in [-0.2, 0) is 21.4 Å². The van der Waals surface area contributed by atoms with E-state index in [0.29, 0.717) is 25.9 Å². The van der Waals surface area contributed by atoms with Gasteiger partial charge in [0.05, 0.1) is 10.8 Å². The topological polar surface area (TPSA) is 107 Å². The summed E-state index contributed by atoms with van der Waals surface area (Å²) in [4.78, 5) is 25.0. The summed E-state index contributed by atoms with van der Waals surface area (Å²) in [5, 5.41) is 11.8. The molecule has 150 valence electrons. The molecular weight excluding hydrogens is 370 g/mol. The molecule has 8 nitrogen and oxygen atoms in total. The molecule has 0 atom stereocenters. The van der Waals surface area contributed by atoms with Crippen molar-refractivity contribution >= 4 is 22.0 Å². The fraction of sp³-hybridized carbons (Fsp3) is 0.556. The van der Waals surface area contributed by atoms with Crippen molar-refractivity contribution in [2.24, 2.45) is 5.92 Å². The summed E-state index contributed by atoms with van der Waals surface area (Å²) in [7, 11) is -1.98. The third kappa shape index (κ3) is 5.20. The number of rotatable bonds is 6. The van der Waals surface area contributed by atoms with Gasteiger partial charge in [0, 0.05) is 32.7 Å². The van der Waals surface area contributed by atoms with Gasteiger partial charge in [-0.25, -0.2) is 13.2 Å². The second-order valence-corrected chi connectivity index (χ2v) is 9.01. The molecule has 1 saturated heterocycles. The predicted octanol–water partition coefficient (Wildman–Crippen LogP) is 1.72. The van der Waals surface area contributed by atoms with E-state index in [1.807, 2.05) is 0 Å². The Morgan fingerprint density at radius 1 is 1.22 bits per heavy atom. The molecule has 0 saturated carbocycles. The first-order chi connectivity index (χ1) is 12.6. The van der Waals surface area contributed by atoms with Crippen LogP contribution in [0.4, 0.5) is 4.79 Å². The van der Waals surface area contributed by atoms with Gasteiger partial charge in [-0.3, -0.25) is 4.79 Å². The van der Waals surface area contributed by atoms with E-state index >= 15 is 0 Å². The molecule has 1 aromatic rings. The second-order valence-electron chi connectivity index (χ2n) is 7.02. The quantitative estimate of drug-likeness (QED) is 0.760. The SMILES string of the molecule is CC(C)N(C)S(=O)(=O)c1ccc(CNC(=O)N2CCC(C(=O)O)CC2)cc1. The number of piperidine rings is 1. The Kier molecular flexibility index (Phi) is 6.83. The Hall–Kier alpha value is -2.13. The van der Waals surface area contributed by atoms with E-state index in [4.69, 9.17) is 5.11 Å². The fourth-order valence-electron chi connectivity index (χ4n) is 2.84. The van der Waals surface area contributed by atoms with Crippen LogP contribution in [0, 0.1) is 5.92 Å².